The number of hydrogen-bond donors (Lipinski definition) is 1. The first-order chi connectivity index (χ1) is 9.70. The van der Waals surface area contributed by atoms with Gasteiger partial charge in [-0.3, -0.25) is 4.79 Å². The Morgan fingerprint density at radius 1 is 1.50 bits per heavy atom. The molecule has 1 fully saturated rings. The Labute approximate surface area is 122 Å². The standard InChI is InChI=1S/C13H20N2O4S/c1-2-18-11(9-6-4-3-5-7-9)12-14-13(19-15-12)20-8-10(16)17/h9,11H,2-8H2,1H3,(H,16,17). The minimum atomic E-state index is -0.900. The molecule has 1 unspecified atom stereocenters. The van der Waals surface area contributed by atoms with Crippen molar-refractivity contribution in [2.45, 2.75) is 50.4 Å². The average Bonchev–Trinajstić information content (AvgIpc) is 2.92. The highest BCUT2D eigenvalue weighted by Crippen LogP contribution is 2.36. The summed E-state index contributed by atoms with van der Waals surface area (Å²) >= 11 is 1.04. The molecule has 0 spiro atoms. The second-order valence-corrected chi connectivity index (χ2v) is 5.80. The van der Waals surface area contributed by atoms with Gasteiger partial charge in [-0.15, -0.1) is 0 Å². The highest BCUT2D eigenvalue weighted by Gasteiger charge is 2.29. The van der Waals surface area contributed by atoms with Crippen LogP contribution in [0, 0.1) is 5.92 Å². The molecular formula is C13H20N2O4S. The van der Waals surface area contributed by atoms with Crippen LogP contribution < -0.4 is 0 Å². The molecule has 7 heteroatoms. The van der Waals surface area contributed by atoms with Crippen LogP contribution in [0.4, 0.5) is 0 Å². The van der Waals surface area contributed by atoms with E-state index in [0.717, 1.165) is 24.6 Å². The van der Waals surface area contributed by atoms with Crippen LogP contribution in [0.2, 0.25) is 0 Å². The lowest BCUT2D eigenvalue weighted by atomic mass is 9.85. The van der Waals surface area contributed by atoms with Crippen LogP contribution in [-0.2, 0) is 9.53 Å². The van der Waals surface area contributed by atoms with Crippen LogP contribution in [0.1, 0.15) is 51.0 Å². The van der Waals surface area contributed by atoms with Gasteiger partial charge in [0, 0.05) is 6.61 Å². The molecule has 1 N–H and O–H groups in total. The first-order valence-electron chi connectivity index (χ1n) is 7.00. The largest absolute Gasteiger partial charge is 0.481 e. The van der Waals surface area contributed by atoms with Gasteiger partial charge in [-0.25, -0.2) is 0 Å². The summed E-state index contributed by atoms with van der Waals surface area (Å²) in [6, 6.07) is 0. The van der Waals surface area contributed by atoms with Gasteiger partial charge < -0.3 is 14.4 Å². The summed E-state index contributed by atoms with van der Waals surface area (Å²) in [5.74, 6) is -0.00155. The summed E-state index contributed by atoms with van der Waals surface area (Å²) in [7, 11) is 0. The Morgan fingerprint density at radius 3 is 2.90 bits per heavy atom. The zero-order valence-electron chi connectivity index (χ0n) is 11.6. The van der Waals surface area contributed by atoms with Gasteiger partial charge in [0.05, 0.1) is 0 Å². The third kappa shape index (κ3) is 4.21. The molecule has 6 nitrogen and oxygen atoms in total. The molecule has 1 aliphatic carbocycles. The van der Waals surface area contributed by atoms with E-state index in [9.17, 15) is 4.79 Å². The van der Waals surface area contributed by atoms with Crippen molar-refractivity contribution in [3.8, 4) is 0 Å². The Bertz CT molecular complexity index is 432. The molecule has 0 aliphatic heterocycles. The number of aromatic nitrogens is 2. The average molecular weight is 300 g/mol. The quantitative estimate of drug-likeness (QED) is 0.775. The van der Waals surface area contributed by atoms with Crippen molar-refractivity contribution in [2.75, 3.05) is 12.4 Å². The first kappa shape index (κ1) is 15.3. The molecule has 0 bridgehead atoms. The van der Waals surface area contributed by atoms with E-state index in [0.29, 0.717) is 23.6 Å². The lowest BCUT2D eigenvalue weighted by molar-refractivity contribution is -0.133. The van der Waals surface area contributed by atoms with Gasteiger partial charge >= 0.3 is 5.97 Å². The summed E-state index contributed by atoms with van der Waals surface area (Å²) in [6.07, 6.45) is 5.82. The van der Waals surface area contributed by atoms with E-state index >= 15 is 0 Å². The zero-order chi connectivity index (χ0) is 14.4. The lowest BCUT2D eigenvalue weighted by Gasteiger charge is -2.27. The third-order valence-corrected chi connectivity index (χ3v) is 4.22. The van der Waals surface area contributed by atoms with Gasteiger partial charge in [0.15, 0.2) is 0 Å². The minimum absolute atomic E-state index is 0.0790. The fourth-order valence-corrected chi connectivity index (χ4v) is 3.05. The molecule has 20 heavy (non-hydrogen) atoms. The van der Waals surface area contributed by atoms with Gasteiger partial charge in [-0.1, -0.05) is 36.2 Å². The molecule has 2 rings (SSSR count). The van der Waals surface area contributed by atoms with Gasteiger partial charge in [0.1, 0.15) is 11.9 Å². The molecule has 1 saturated carbocycles. The normalized spacial score (nSPS) is 18.1. The van der Waals surface area contributed by atoms with Gasteiger partial charge in [0.2, 0.25) is 5.82 Å². The molecule has 0 amide bonds. The molecule has 1 atom stereocenters. The molecular weight excluding hydrogens is 280 g/mol. The molecule has 0 saturated heterocycles. The van der Waals surface area contributed by atoms with Crippen LogP contribution >= 0.6 is 11.8 Å². The maximum atomic E-state index is 10.5. The topological polar surface area (TPSA) is 85.5 Å². The van der Waals surface area contributed by atoms with Crippen molar-refractivity contribution in [2.24, 2.45) is 5.92 Å². The number of thioether (sulfide) groups is 1. The molecule has 1 aromatic rings. The van der Waals surface area contributed by atoms with Crippen molar-refractivity contribution in [3.05, 3.63) is 5.82 Å². The van der Waals surface area contributed by atoms with Crippen molar-refractivity contribution in [1.29, 1.82) is 0 Å². The van der Waals surface area contributed by atoms with E-state index in [1.54, 1.807) is 0 Å². The number of ether oxygens (including phenoxy) is 1. The highest BCUT2D eigenvalue weighted by atomic mass is 32.2. The number of carboxylic acids is 1. The SMILES string of the molecule is CCOC(c1noc(SCC(=O)O)n1)C1CCCCC1. The van der Waals surface area contributed by atoms with E-state index in [2.05, 4.69) is 10.1 Å². The minimum Gasteiger partial charge on any atom is -0.481 e. The first-order valence-corrected chi connectivity index (χ1v) is 7.99. The number of carboxylic acid groups (broad SMARTS) is 1. The predicted octanol–water partition coefficient (Wildman–Crippen LogP) is 2.90. The van der Waals surface area contributed by atoms with Crippen LogP contribution in [0.3, 0.4) is 0 Å². The Kier molecular flexibility index (Phi) is 5.85. The molecule has 0 radical (unpaired) electrons. The molecule has 112 valence electrons. The zero-order valence-corrected chi connectivity index (χ0v) is 12.4. The summed E-state index contributed by atoms with van der Waals surface area (Å²) in [4.78, 5) is 14.8. The molecule has 1 aromatic heterocycles. The van der Waals surface area contributed by atoms with Crippen molar-refractivity contribution >= 4 is 17.7 Å². The lowest BCUT2D eigenvalue weighted by Crippen LogP contribution is -2.20. The van der Waals surface area contributed by atoms with Crippen LogP contribution in [0.25, 0.3) is 0 Å². The van der Waals surface area contributed by atoms with Crippen molar-refractivity contribution in [1.82, 2.24) is 10.1 Å². The summed E-state index contributed by atoms with van der Waals surface area (Å²) in [6.45, 7) is 2.56. The van der Waals surface area contributed by atoms with E-state index in [-0.39, 0.29) is 11.9 Å². The van der Waals surface area contributed by atoms with Crippen LogP contribution in [0.5, 0.6) is 0 Å². The Morgan fingerprint density at radius 2 is 2.25 bits per heavy atom. The van der Waals surface area contributed by atoms with E-state index in [4.69, 9.17) is 14.4 Å². The van der Waals surface area contributed by atoms with E-state index < -0.39 is 5.97 Å². The number of hydrogen-bond acceptors (Lipinski definition) is 6. The number of rotatable bonds is 7. The second-order valence-electron chi connectivity index (χ2n) is 4.87. The number of nitrogens with zero attached hydrogens (tertiary/aromatic N) is 2. The maximum Gasteiger partial charge on any atom is 0.314 e. The van der Waals surface area contributed by atoms with E-state index in [1.807, 2.05) is 6.92 Å². The summed E-state index contributed by atoms with van der Waals surface area (Å²) in [5.41, 5.74) is 0. The smallest absolute Gasteiger partial charge is 0.314 e. The predicted molar refractivity (Wildman–Crippen MR) is 73.6 cm³/mol. The Balaban J connectivity index is 2.02. The Hall–Kier alpha value is -1.08. The fourth-order valence-electron chi connectivity index (χ4n) is 2.56. The molecule has 0 aromatic carbocycles. The van der Waals surface area contributed by atoms with Crippen molar-refractivity contribution in [3.63, 3.8) is 0 Å². The van der Waals surface area contributed by atoms with Crippen molar-refractivity contribution < 1.29 is 19.2 Å². The monoisotopic (exact) mass is 300 g/mol. The highest BCUT2D eigenvalue weighted by molar-refractivity contribution is 7.99. The third-order valence-electron chi connectivity index (χ3n) is 3.42. The molecule has 1 heterocycles. The molecule has 1 aliphatic rings. The summed E-state index contributed by atoms with van der Waals surface area (Å²) in [5, 5.41) is 12.9. The van der Waals surface area contributed by atoms with Gasteiger partial charge in [-0.2, -0.15) is 4.98 Å². The van der Waals surface area contributed by atoms with Gasteiger partial charge in [-0.05, 0) is 25.7 Å². The van der Waals surface area contributed by atoms with Gasteiger partial charge in [0.25, 0.3) is 5.22 Å². The van der Waals surface area contributed by atoms with Crippen LogP contribution in [0.15, 0.2) is 9.75 Å². The summed E-state index contributed by atoms with van der Waals surface area (Å²) < 4.78 is 10.9. The van der Waals surface area contributed by atoms with Crippen LogP contribution in [-0.4, -0.2) is 33.6 Å². The second kappa shape index (κ2) is 7.64. The number of aliphatic carboxylic acids is 1. The fraction of sp³-hybridized carbons (Fsp3) is 0.769. The number of carbonyl (C=O) groups is 1. The maximum absolute atomic E-state index is 10.5. The van der Waals surface area contributed by atoms with E-state index in [1.165, 1.54) is 19.3 Å².